The van der Waals surface area contributed by atoms with Gasteiger partial charge in [-0.1, -0.05) is 0 Å². The molecule has 2 heterocycles. The van der Waals surface area contributed by atoms with Crippen LogP contribution in [0.2, 0.25) is 0 Å². The first-order valence-corrected chi connectivity index (χ1v) is 6.03. The van der Waals surface area contributed by atoms with Crippen LogP contribution in [0.5, 0.6) is 0 Å². The number of carbonyl (C=O) groups is 1. The first-order valence-electron chi connectivity index (χ1n) is 6.03. The fraction of sp³-hybridized carbons (Fsp3) is 0.500. The molecule has 0 radical (unpaired) electrons. The highest BCUT2D eigenvalue weighted by Crippen LogP contribution is 2.17. The molecule has 6 nitrogen and oxygen atoms in total. The summed E-state index contributed by atoms with van der Waals surface area (Å²) in [7, 11) is 0. The van der Waals surface area contributed by atoms with Gasteiger partial charge in [-0.2, -0.15) is 0 Å². The van der Waals surface area contributed by atoms with Gasteiger partial charge < -0.3 is 21.5 Å². The van der Waals surface area contributed by atoms with Gasteiger partial charge in [0.25, 0.3) is 5.91 Å². The number of ether oxygens (including phenoxy) is 1. The summed E-state index contributed by atoms with van der Waals surface area (Å²) in [5, 5.41) is 3.21. The largest absolute Gasteiger partial charge is 0.397 e. The van der Waals surface area contributed by atoms with Gasteiger partial charge in [-0.05, 0) is 24.8 Å². The lowest BCUT2D eigenvalue weighted by molar-refractivity contribution is 0.0699. The molecule has 1 saturated heterocycles. The highest BCUT2D eigenvalue weighted by atomic mass is 16.5. The van der Waals surface area contributed by atoms with E-state index in [9.17, 15) is 4.79 Å². The van der Waals surface area contributed by atoms with Crippen molar-refractivity contribution in [1.29, 1.82) is 0 Å². The van der Waals surface area contributed by atoms with Crippen molar-refractivity contribution < 1.29 is 9.53 Å². The maximum atomic E-state index is 11.2. The van der Waals surface area contributed by atoms with Crippen LogP contribution in [0.1, 0.15) is 23.2 Å². The van der Waals surface area contributed by atoms with Crippen molar-refractivity contribution in [3.05, 3.63) is 17.8 Å². The minimum atomic E-state index is -0.538. The van der Waals surface area contributed by atoms with E-state index in [1.807, 2.05) is 0 Å². The molecule has 6 heteroatoms. The Hall–Kier alpha value is -1.82. The van der Waals surface area contributed by atoms with Gasteiger partial charge in [0.2, 0.25) is 0 Å². The van der Waals surface area contributed by atoms with Gasteiger partial charge in [0.1, 0.15) is 5.82 Å². The zero-order valence-electron chi connectivity index (χ0n) is 10.2. The number of hydrogen-bond donors (Lipinski definition) is 3. The first kappa shape index (κ1) is 12.6. The SMILES string of the molecule is NC(=O)c1cc(NCC2CCOCC2)ncc1N. The van der Waals surface area contributed by atoms with Crippen LogP contribution >= 0.6 is 0 Å². The molecule has 1 amide bonds. The predicted octanol–water partition coefficient (Wildman–Crippen LogP) is 0.601. The third-order valence-corrected chi connectivity index (χ3v) is 3.11. The number of nitrogen functional groups attached to an aromatic ring is 1. The maximum Gasteiger partial charge on any atom is 0.250 e. The Morgan fingerprint density at radius 2 is 2.22 bits per heavy atom. The molecular formula is C12H18N4O2. The van der Waals surface area contributed by atoms with Gasteiger partial charge in [0.15, 0.2) is 0 Å². The van der Waals surface area contributed by atoms with Gasteiger partial charge in [-0.15, -0.1) is 0 Å². The van der Waals surface area contributed by atoms with Gasteiger partial charge in [0, 0.05) is 19.8 Å². The number of hydrogen-bond acceptors (Lipinski definition) is 5. The Bertz CT molecular complexity index is 430. The van der Waals surface area contributed by atoms with E-state index in [0.717, 1.165) is 32.6 Å². The number of nitrogens with two attached hydrogens (primary N) is 2. The van der Waals surface area contributed by atoms with E-state index in [0.29, 0.717) is 23.0 Å². The lowest BCUT2D eigenvalue weighted by Crippen LogP contribution is -2.23. The molecule has 2 rings (SSSR count). The number of amides is 1. The minimum absolute atomic E-state index is 0.305. The molecule has 5 N–H and O–H groups in total. The van der Waals surface area contributed by atoms with Gasteiger partial charge in [-0.3, -0.25) is 4.79 Å². The molecule has 0 unspecified atom stereocenters. The number of carbonyl (C=O) groups excluding carboxylic acids is 1. The number of rotatable bonds is 4. The van der Waals surface area contributed by atoms with Gasteiger partial charge in [0.05, 0.1) is 17.4 Å². The van der Waals surface area contributed by atoms with Crippen molar-refractivity contribution in [3.63, 3.8) is 0 Å². The average molecular weight is 250 g/mol. The molecule has 0 aliphatic carbocycles. The molecule has 1 aliphatic heterocycles. The number of pyridine rings is 1. The summed E-state index contributed by atoms with van der Waals surface area (Å²) in [6, 6.07) is 1.59. The topological polar surface area (TPSA) is 103 Å². The van der Waals surface area contributed by atoms with Crippen LogP contribution in [0.25, 0.3) is 0 Å². The molecular weight excluding hydrogens is 232 g/mol. The lowest BCUT2D eigenvalue weighted by Gasteiger charge is -2.22. The molecule has 0 saturated carbocycles. The van der Waals surface area contributed by atoms with Crippen LogP contribution in [0.4, 0.5) is 11.5 Å². The molecule has 0 aromatic carbocycles. The molecule has 18 heavy (non-hydrogen) atoms. The zero-order valence-corrected chi connectivity index (χ0v) is 10.2. The summed E-state index contributed by atoms with van der Waals surface area (Å²) < 4.78 is 5.30. The number of anilines is 2. The number of nitrogens with one attached hydrogen (secondary N) is 1. The van der Waals surface area contributed by atoms with E-state index >= 15 is 0 Å². The molecule has 1 aromatic rings. The maximum absolute atomic E-state index is 11.2. The van der Waals surface area contributed by atoms with Crippen molar-refractivity contribution in [3.8, 4) is 0 Å². The lowest BCUT2D eigenvalue weighted by atomic mass is 10.0. The summed E-state index contributed by atoms with van der Waals surface area (Å²) in [6.07, 6.45) is 3.54. The smallest absolute Gasteiger partial charge is 0.250 e. The minimum Gasteiger partial charge on any atom is -0.397 e. The highest BCUT2D eigenvalue weighted by molar-refractivity contribution is 5.98. The molecule has 1 fully saturated rings. The summed E-state index contributed by atoms with van der Waals surface area (Å²) >= 11 is 0. The van der Waals surface area contributed by atoms with Crippen molar-refractivity contribution in [1.82, 2.24) is 4.98 Å². The fourth-order valence-electron chi connectivity index (χ4n) is 1.98. The van der Waals surface area contributed by atoms with Crippen LogP contribution in [0.3, 0.4) is 0 Å². The molecule has 1 aliphatic rings. The van der Waals surface area contributed by atoms with Crippen LogP contribution in [-0.4, -0.2) is 30.6 Å². The zero-order chi connectivity index (χ0) is 13.0. The highest BCUT2D eigenvalue weighted by Gasteiger charge is 2.14. The summed E-state index contributed by atoms with van der Waals surface area (Å²) in [5.74, 6) is 0.670. The Kier molecular flexibility index (Phi) is 3.99. The monoisotopic (exact) mass is 250 g/mol. The van der Waals surface area contributed by atoms with Crippen LogP contribution in [0, 0.1) is 5.92 Å². The van der Waals surface area contributed by atoms with Crippen LogP contribution in [0.15, 0.2) is 12.3 Å². The van der Waals surface area contributed by atoms with E-state index in [4.69, 9.17) is 16.2 Å². The second-order valence-electron chi connectivity index (χ2n) is 4.46. The molecule has 0 atom stereocenters. The number of nitrogens with zero attached hydrogens (tertiary/aromatic N) is 1. The predicted molar refractivity (Wildman–Crippen MR) is 69.2 cm³/mol. The van der Waals surface area contributed by atoms with Crippen molar-refractivity contribution in [2.45, 2.75) is 12.8 Å². The van der Waals surface area contributed by atoms with Gasteiger partial charge >= 0.3 is 0 Å². The standard InChI is InChI=1S/C12H18N4O2/c13-10-7-16-11(5-9(10)12(14)17)15-6-8-1-3-18-4-2-8/h5,7-8H,1-4,6,13H2,(H2,14,17)(H,15,16). The quantitative estimate of drug-likeness (QED) is 0.726. The van der Waals surface area contributed by atoms with E-state index in [1.54, 1.807) is 6.07 Å². The third kappa shape index (κ3) is 3.10. The first-order chi connectivity index (χ1) is 8.66. The molecule has 0 bridgehead atoms. The van der Waals surface area contributed by atoms with E-state index in [2.05, 4.69) is 10.3 Å². The molecule has 98 valence electrons. The Labute approximate surface area is 106 Å². The Morgan fingerprint density at radius 3 is 2.89 bits per heavy atom. The number of primary amides is 1. The van der Waals surface area contributed by atoms with E-state index in [-0.39, 0.29) is 0 Å². The Morgan fingerprint density at radius 1 is 1.50 bits per heavy atom. The van der Waals surface area contributed by atoms with Crippen molar-refractivity contribution in [2.75, 3.05) is 30.8 Å². The summed E-state index contributed by atoms with van der Waals surface area (Å²) in [6.45, 7) is 2.45. The van der Waals surface area contributed by atoms with Gasteiger partial charge in [-0.25, -0.2) is 4.98 Å². The molecule has 1 aromatic heterocycles. The van der Waals surface area contributed by atoms with E-state index < -0.39 is 5.91 Å². The molecule has 0 spiro atoms. The summed E-state index contributed by atoms with van der Waals surface area (Å²) in [5.41, 5.74) is 11.5. The normalized spacial score (nSPS) is 16.4. The second-order valence-corrected chi connectivity index (χ2v) is 4.46. The fourth-order valence-corrected chi connectivity index (χ4v) is 1.98. The average Bonchev–Trinajstić information content (AvgIpc) is 2.38. The van der Waals surface area contributed by atoms with Crippen molar-refractivity contribution in [2.24, 2.45) is 11.7 Å². The van der Waals surface area contributed by atoms with Crippen molar-refractivity contribution >= 4 is 17.4 Å². The Balaban J connectivity index is 1.96. The third-order valence-electron chi connectivity index (χ3n) is 3.11. The van der Waals surface area contributed by atoms with Crippen LogP contribution in [-0.2, 0) is 4.74 Å². The summed E-state index contributed by atoms with van der Waals surface area (Å²) in [4.78, 5) is 15.3. The second kappa shape index (κ2) is 5.68. The van der Waals surface area contributed by atoms with Crippen LogP contribution < -0.4 is 16.8 Å². The van der Waals surface area contributed by atoms with E-state index in [1.165, 1.54) is 6.20 Å². The number of aromatic nitrogens is 1.